The second kappa shape index (κ2) is 4.20. The SMILES string of the molecule is Cc1nc(NC(=O)c2ccc(F)cc2O)n[nH]1. The number of carbonyl (C=O) groups is 1. The van der Waals surface area contributed by atoms with Gasteiger partial charge in [-0.25, -0.2) is 4.39 Å². The number of amides is 1. The molecular weight excluding hydrogens is 227 g/mol. The minimum atomic E-state index is -0.618. The van der Waals surface area contributed by atoms with Gasteiger partial charge in [-0.3, -0.25) is 15.2 Å². The van der Waals surface area contributed by atoms with Gasteiger partial charge >= 0.3 is 0 Å². The van der Waals surface area contributed by atoms with E-state index in [2.05, 4.69) is 20.5 Å². The summed E-state index contributed by atoms with van der Waals surface area (Å²) in [4.78, 5) is 15.5. The van der Waals surface area contributed by atoms with E-state index in [1.807, 2.05) is 0 Å². The van der Waals surface area contributed by atoms with Crippen LogP contribution in [0.25, 0.3) is 0 Å². The summed E-state index contributed by atoms with van der Waals surface area (Å²) in [6.07, 6.45) is 0. The van der Waals surface area contributed by atoms with Crippen LogP contribution in [0.5, 0.6) is 5.75 Å². The number of benzene rings is 1. The van der Waals surface area contributed by atoms with Gasteiger partial charge < -0.3 is 5.11 Å². The standard InChI is InChI=1S/C10H9FN4O2/c1-5-12-10(15-14-5)13-9(17)7-3-2-6(11)4-8(7)16/h2-4,16H,1H3,(H2,12,13,14,15,17). The third-order valence-electron chi connectivity index (χ3n) is 2.03. The van der Waals surface area contributed by atoms with Gasteiger partial charge in [0.15, 0.2) is 0 Å². The van der Waals surface area contributed by atoms with Crippen molar-refractivity contribution in [2.75, 3.05) is 5.32 Å². The lowest BCUT2D eigenvalue weighted by molar-refractivity contribution is 0.102. The maximum absolute atomic E-state index is 12.7. The average Bonchev–Trinajstić information content (AvgIpc) is 2.63. The molecule has 88 valence electrons. The Morgan fingerprint density at radius 3 is 2.88 bits per heavy atom. The fourth-order valence-electron chi connectivity index (χ4n) is 1.26. The van der Waals surface area contributed by atoms with E-state index >= 15 is 0 Å². The zero-order valence-electron chi connectivity index (χ0n) is 8.86. The van der Waals surface area contributed by atoms with Crippen LogP contribution in [0.1, 0.15) is 16.2 Å². The number of aromatic hydroxyl groups is 1. The van der Waals surface area contributed by atoms with E-state index in [0.717, 1.165) is 12.1 Å². The molecule has 3 N–H and O–H groups in total. The Morgan fingerprint density at radius 2 is 2.29 bits per heavy atom. The molecule has 17 heavy (non-hydrogen) atoms. The van der Waals surface area contributed by atoms with Crippen molar-refractivity contribution >= 4 is 11.9 Å². The minimum Gasteiger partial charge on any atom is -0.507 e. The number of hydrogen-bond donors (Lipinski definition) is 3. The molecule has 0 bridgehead atoms. The van der Waals surface area contributed by atoms with Crippen LogP contribution in [-0.2, 0) is 0 Å². The van der Waals surface area contributed by atoms with Crippen LogP contribution in [0.15, 0.2) is 18.2 Å². The first-order valence-electron chi connectivity index (χ1n) is 4.75. The maximum Gasteiger partial charge on any atom is 0.261 e. The van der Waals surface area contributed by atoms with Crippen LogP contribution < -0.4 is 5.32 Å². The molecule has 0 saturated carbocycles. The Kier molecular flexibility index (Phi) is 2.73. The van der Waals surface area contributed by atoms with Gasteiger partial charge in [0.05, 0.1) is 5.56 Å². The fraction of sp³-hybridized carbons (Fsp3) is 0.100. The van der Waals surface area contributed by atoms with E-state index in [1.54, 1.807) is 6.92 Å². The normalized spacial score (nSPS) is 10.2. The van der Waals surface area contributed by atoms with Crippen LogP contribution in [-0.4, -0.2) is 26.2 Å². The van der Waals surface area contributed by atoms with Crippen LogP contribution in [0.3, 0.4) is 0 Å². The summed E-state index contributed by atoms with van der Waals surface area (Å²) in [5.41, 5.74) is -0.0474. The highest BCUT2D eigenvalue weighted by Crippen LogP contribution is 2.18. The zero-order valence-corrected chi connectivity index (χ0v) is 8.86. The number of phenolic OH excluding ortho intramolecular Hbond substituents is 1. The molecule has 1 aromatic heterocycles. The van der Waals surface area contributed by atoms with E-state index in [4.69, 9.17) is 0 Å². The van der Waals surface area contributed by atoms with Crippen LogP contribution in [0, 0.1) is 12.7 Å². The summed E-state index contributed by atoms with van der Waals surface area (Å²) >= 11 is 0. The van der Waals surface area contributed by atoms with E-state index in [0.29, 0.717) is 5.82 Å². The molecule has 0 aliphatic heterocycles. The number of halogens is 1. The molecule has 0 unspecified atom stereocenters. The van der Waals surface area contributed by atoms with E-state index in [-0.39, 0.29) is 11.5 Å². The summed E-state index contributed by atoms with van der Waals surface area (Å²) in [6, 6.07) is 3.12. The third kappa shape index (κ3) is 2.39. The van der Waals surface area contributed by atoms with Crippen LogP contribution in [0.2, 0.25) is 0 Å². The second-order valence-corrected chi connectivity index (χ2v) is 3.36. The zero-order chi connectivity index (χ0) is 12.4. The highest BCUT2D eigenvalue weighted by Gasteiger charge is 2.13. The molecule has 0 atom stereocenters. The predicted octanol–water partition coefficient (Wildman–Crippen LogP) is 1.21. The van der Waals surface area contributed by atoms with Crippen LogP contribution in [0.4, 0.5) is 10.3 Å². The van der Waals surface area contributed by atoms with E-state index in [9.17, 15) is 14.3 Å². The first kappa shape index (κ1) is 11.1. The van der Waals surface area contributed by atoms with Crippen molar-refractivity contribution in [2.24, 2.45) is 0 Å². The number of nitrogens with zero attached hydrogens (tertiary/aromatic N) is 2. The number of aromatic amines is 1. The van der Waals surface area contributed by atoms with Crippen molar-refractivity contribution < 1.29 is 14.3 Å². The van der Waals surface area contributed by atoms with Gasteiger partial charge in [-0.2, -0.15) is 4.98 Å². The number of phenols is 1. The number of rotatable bonds is 2. The molecule has 1 aromatic carbocycles. The number of nitrogens with one attached hydrogen (secondary N) is 2. The largest absolute Gasteiger partial charge is 0.507 e. The number of anilines is 1. The third-order valence-corrected chi connectivity index (χ3v) is 2.03. The molecule has 0 spiro atoms. The molecule has 1 heterocycles. The first-order chi connectivity index (χ1) is 8.06. The van der Waals surface area contributed by atoms with Crippen molar-refractivity contribution in [1.82, 2.24) is 15.2 Å². The number of hydrogen-bond acceptors (Lipinski definition) is 4. The van der Waals surface area contributed by atoms with Gasteiger partial charge in [0.1, 0.15) is 17.4 Å². The number of H-pyrrole nitrogens is 1. The van der Waals surface area contributed by atoms with Crippen LogP contribution >= 0.6 is 0 Å². The lowest BCUT2D eigenvalue weighted by Gasteiger charge is -2.03. The quantitative estimate of drug-likeness (QED) is 0.730. The van der Waals surface area contributed by atoms with Gasteiger partial charge in [-0.1, -0.05) is 0 Å². The number of aryl methyl sites for hydroxylation is 1. The molecule has 2 aromatic rings. The molecule has 0 radical (unpaired) electrons. The Labute approximate surface area is 95.5 Å². The highest BCUT2D eigenvalue weighted by molar-refractivity contribution is 6.05. The Hall–Kier alpha value is -2.44. The molecule has 0 aliphatic carbocycles. The van der Waals surface area contributed by atoms with Gasteiger partial charge in [-0.05, 0) is 19.1 Å². The van der Waals surface area contributed by atoms with Crippen molar-refractivity contribution in [3.8, 4) is 5.75 Å². The maximum atomic E-state index is 12.7. The monoisotopic (exact) mass is 236 g/mol. The number of aromatic nitrogens is 3. The van der Waals surface area contributed by atoms with Gasteiger partial charge in [0, 0.05) is 6.07 Å². The van der Waals surface area contributed by atoms with Crippen molar-refractivity contribution in [3.63, 3.8) is 0 Å². The van der Waals surface area contributed by atoms with E-state index in [1.165, 1.54) is 6.07 Å². The first-order valence-corrected chi connectivity index (χ1v) is 4.75. The van der Waals surface area contributed by atoms with Gasteiger partial charge in [-0.15, -0.1) is 5.10 Å². The van der Waals surface area contributed by atoms with Gasteiger partial charge in [0.25, 0.3) is 5.91 Å². The topological polar surface area (TPSA) is 90.9 Å². The molecule has 0 fully saturated rings. The smallest absolute Gasteiger partial charge is 0.261 e. The second-order valence-electron chi connectivity index (χ2n) is 3.36. The van der Waals surface area contributed by atoms with Crippen molar-refractivity contribution in [3.05, 3.63) is 35.4 Å². The molecule has 1 amide bonds. The average molecular weight is 236 g/mol. The molecule has 0 aliphatic rings. The summed E-state index contributed by atoms with van der Waals surface area (Å²) in [7, 11) is 0. The Morgan fingerprint density at radius 1 is 1.53 bits per heavy atom. The molecular formula is C10H9FN4O2. The molecule has 2 rings (SSSR count). The lowest BCUT2D eigenvalue weighted by atomic mass is 10.2. The Bertz CT molecular complexity index is 567. The summed E-state index contributed by atoms with van der Waals surface area (Å²) in [6.45, 7) is 1.68. The van der Waals surface area contributed by atoms with Gasteiger partial charge in [0.2, 0.25) is 5.95 Å². The summed E-state index contributed by atoms with van der Waals surface area (Å²) in [5, 5.41) is 18.0. The predicted molar refractivity (Wildman–Crippen MR) is 57.1 cm³/mol. The molecule has 7 heteroatoms. The lowest BCUT2D eigenvalue weighted by Crippen LogP contribution is -2.13. The number of carbonyl (C=O) groups excluding carboxylic acids is 1. The van der Waals surface area contributed by atoms with Crippen molar-refractivity contribution in [2.45, 2.75) is 6.92 Å². The minimum absolute atomic E-state index is 0.0474. The molecule has 0 saturated heterocycles. The fourth-order valence-corrected chi connectivity index (χ4v) is 1.26. The summed E-state index contributed by atoms with van der Waals surface area (Å²) in [5.74, 6) is -1.02. The van der Waals surface area contributed by atoms with Crippen molar-refractivity contribution in [1.29, 1.82) is 0 Å². The summed E-state index contributed by atoms with van der Waals surface area (Å²) < 4.78 is 12.7. The van der Waals surface area contributed by atoms with E-state index < -0.39 is 17.5 Å². The Balaban J connectivity index is 2.20. The molecule has 6 nitrogen and oxygen atoms in total. The highest BCUT2D eigenvalue weighted by atomic mass is 19.1.